The standard InChI is InChI=1S/C21H26N4O2S/c1-15-5-7-18(8-6-15)24-20(26)14-28-16(2)21(27)25-11-10-23-13-19(25)17-4-3-9-22-12-17/h3-9,12,16,19,23H,10-11,13-14H2,1-2H3,(H,24,26). The molecule has 1 fully saturated rings. The molecule has 0 saturated carbocycles. The fraction of sp³-hybridized carbons (Fsp3) is 0.381. The van der Waals surface area contributed by atoms with Gasteiger partial charge in [0.25, 0.3) is 0 Å². The van der Waals surface area contributed by atoms with Crippen molar-refractivity contribution in [2.24, 2.45) is 0 Å². The zero-order valence-corrected chi connectivity index (χ0v) is 17.0. The minimum atomic E-state index is -0.291. The van der Waals surface area contributed by atoms with E-state index < -0.39 is 0 Å². The number of hydrogen-bond acceptors (Lipinski definition) is 5. The average molecular weight is 399 g/mol. The van der Waals surface area contributed by atoms with E-state index in [0.29, 0.717) is 13.1 Å². The highest BCUT2D eigenvalue weighted by molar-refractivity contribution is 8.01. The van der Waals surface area contributed by atoms with Gasteiger partial charge in [0.15, 0.2) is 0 Å². The van der Waals surface area contributed by atoms with Crippen LogP contribution in [0.3, 0.4) is 0 Å². The van der Waals surface area contributed by atoms with Crippen LogP contribution < -0.4 is 10.6 Å². The Balaban J connectivity index is 1.55. The molecule has 1 aromatic heterocycles. The lowest BCUT2D eigenvalue weighted by atomic mass is 10.0. The number of nitrogens with zero attached hydrogens (tertiary/aromatic N) is 2. The molecule has 2 atom stereocenters. The van der Waals surface area contributed by atoms with Crippen LogP contribution in [0.4, 0.5) is 5.69 Å². The molecule has 2 unspecified atom stereocenters. The number of carbonyl (C=O) groups is 2. The van der Waals surface area contributed by atoms with Crippen LogP contribution in [0.5, 0.6) is 0 Å². The summed E-state index contributed by atoms with van der Waals surface area (Å²) in [7, 11) is 0. The van der Waals surface area contributed by atoms with Gasteiger partial charge in [-0.15, -0.1) is 11.8 Å². The number of carbonyl (C=O) groups excluding carboxylic acids is 2. The van der Waals surface area contributed by atoms with Gasteiger partial charge in [0.1, 0.15) is 0 Å². The van der Waals surface area contributed by atoms with Gasteiger partial charge in [0.05, 0.1) is 17.0 Å². The highest BCUT2D eigenvalue weighted by Gasteiger charge is 2.31. The van der Waals surface area contributed by atoms with Crippen LogP contribution >= 0.6 is 11.8 Å². The molecule has 2 N–H and O–H groups in total. The molecule has 0 bridgehead atoms. The number of pyridine rings is 1. The Labute approximate surface area is 170 Å². The van der Waals surface area contributed by atoms with Crippen molar-refractivity contribution in [2.75, 3.05) is 30.7 Å². The van der Waals surface area contributed by atoms with Gasteiger partial charge >= 0.3 is 0 Å². The zero-order chi connectivity index (χ0) is 19.9. The number of amides is 2. The van der Waals surface area contributed by atoms with Gasteiger partial charge in [0.2, 0.25) is 11.8 Å². The van der Waals surface area contributed by atoms with E-state index in [-0.39, 0.29) is 28.9 Å². The summed E-state index contributed by atoms with van der Waals surface area (Å²) in [5, 5.41) is 5.93. The maximum Gasteiger partial charge on any atom is 0.236 e. The number of rotatable bonds is 6. The molecule has 3 rings (SSSR count). The largest absolute Gasteiger partial charge is 0.332 e. The molecule has 2 heterocycles. The second kappa shape index (κ2) is 9.71. The normalized spacial score (nSPS) is 17.8. The quantitative estimate of drug-likeness (QED) is 0.782. The Hall–Kier alpha value is -2.38. The van der Waals surface area contributed by atoms with Crippen molar-refractivity contribution in [3.63, 3.8) is 0 Å². The lowest BCUT2D eigenvalue weighted by molar-refractivity contribution is -0.133. The molecule has 2 amide bonds. The molecule has 1 aliphatic rings. The monoisotopic (exact) mass is 398 g/mol. The molecule has 7 heteroatoms. The number of nitrogens with one attached hydrogen (secondary N) is 2. The molecule has 0 spiro atoms. The summed E-state index contributed by atoms with van der Waals surface area (Å²) < 4.78 is 0. The average Bonchev–Trinajstić information content (AvgIpc) is 2.74. The molecule has 2 aromatic rings. The summed E-state index contributed by atoms with van der Waals surface area (Å²) in [4.78, 5) is 31.3. The predicted octanol–water partition coefficient (Wildman–Crippen LogP) is 2.62. The Bertz CT molecular complexity index is 798. The van der Waals surface area contributed by atoms with Crippen molar-refractivity contribution in [3.05, 3.63) is 59.9 Å². The summed E-state index contributed by atoms with van der Waals surface area (Å²) in [6.45, 7) is 6.01. The van der Waals surface area contributed by atoms with Crippen molar-refractivity contribution in [2.45, 2.75) is 25.1 Å². The van der Waals surface area contributed by atoms with E-state index >= 15 is 0 Å². The Kier molecular flexibility index (Phi) is 7.06. The molecule has 1 aliphatic heterocycles. The number of piperazine rings is 1. The molecular formula is C21H26N4O2S. The molecule has 28 heavy (non-hydrogen) atoms. The number of hydrogen-bond donors (Lipinski definition) is 2. The van der Waals surface area contributed by atoms with E-state index in [0.717, 1.165) is 23.4 Å². The second-order valence-corrected chi connectivity index (χ2v) is 8.23. The molecule has 0 aliphatic carbocycles. The minimum absolute atomic E-state index is 0.0283. The van der Waals surface area contributed by atoms with Gasteiger partial charge in [-0.3, -0.25) is 14.6 Å². The molecule has 1 aromatic carbocycles. The van der Waals surface area contributed by atoms with E-state index in [4.69, 9.17) is 0 Å². The van der Waals surface area contributed by atoms with E-state index in [9.17, 15) is 9.59 Å². The van der Waals surface area contributed by atoms with Gasteiger partial charge < -0.3 is 15.5 Å². The third-order valence-corrected chi connectivity index (χ3v) is 5.87. The zero-order valence-electron chi connectivity index (χ0n) is 16.2. The first-order chi connectivity index (χ1) is 13.5. The van der Waals surface area contributed by atoms with Gasteiger partial charge in [-0.2, -0.15) is 0 Å². The SMILES string of the molecule is Cc1ccc(NC(=O)CSC(C)C(=O)N2CCNCC2c2cccnc2)cc1. The van der Waals surface area contributed by atoms with Crippen LogP contribution in [0.1, 0.15) is 24.1 Å². The van der Waals surface area contributed by atoms with Crippen molar-refractivity contribution in [1.82, 2.24) is 15.2 Å². The van der Waals surface area contributed by atoms with Crippen molar-refractivity contribution >= 4 is 29.3 Å². The fourth-order valence-corrected chi connectivity index (χ4v) is 3.93. The third kappa shape index (κ3) is 5.33. The van der Waals surface area contributed by atoms with E-state index in [2.05, 4.69) is 15.6 Å². The fourth-order valence-electron chi connectivity index (χ4n) is 3.18. The van der Waals surface area contributed by atoms with Crippen LogP contribution in [-0.4, -0.2) is 52.3 Å². The molecule has 0 radical (unpaired) electrons. The number of aromatic nitrogens is 1. The van der Waals surface area contributed by atoms with Crippen molar-refractivity contribution in [1.29, 1.82) is 0 Å². The lowest BCUT2D eigenvalue weighted by Crippen LogP contribution is -2.50. The highest BCUT2D eigenvalue weighted by Crippen LogP contribution is 2.25. The maximum absolute atomic E-state index is 13.0. The van der Waals surface area contributed by atoms with E-state index in [1.54, 1.807) is 6.20 Å². The second-order valence-electron chi connectivity index (χ2n) is 6.91. The topological polar surface area (TPSA) is 74.3 Å². The summed E-state index contributed by atoms with van der Waals surface area (Å²) >= 11 is 1.37. The molecular weight excluding hydrogens is 372 g/mol. The van der Waals surface area contributed by atoms with Gasteiger partial charge in [-0.25, -0.2) is 0 Å². The molecule has 148 valence electrons. The summed E-state index contributed by atoms with van der Waals surface area (Å²) in [5.41, 5.74) is 2.94. The third-order valence-electron chi connectivity index (χ3n) is 4.74. The molecule has 6 nitrogen and oxygen atoms in total. The first-order valence-corrected chi connectivity index (χ1v) is 10.5. The number of anilines is 1. The van der Waals surface area contributed by atoms with E-state index in [1.807, 2.05) is 61.3 Å². The smallest absolute Gasteiger partial charge is 0.236 e. The van der Waals surface area contributed by atoms with Crippen LogP contribution in [0, 0.1) is 6.92 Å². The Morgan fingerprint density at radius 1 is 1.32 bits per heavy atom. The van der Waals surface area contributed by atoms with Crippen molar-refractivity contribution < 1.29 is 9.59 Å². The Morgan fingerprint density at radius 3 is 2.82 bits per heavy atom. The van der Waals surface area contributed by atoms with Gasteiger partial charge in [0, 0.05) is 37.7 Å². The number of aryl methyl sites for hydroxylation is 1. The lowest BCUT2D eigenvalue weighted by Gasteiger charge is -2.37. The van der Waals surface area contributed by atoms with Crippen molar-refractivity contribution in [3.8, 4) is 0 Å². The van der Waals surface area contributed by atoms with Crippen LogP contribution in [0.2, 0.25) is 0 Å². The van der Waals surface area contributed by atoms with Crippen LogP contribution in [0.25, 0.3) is 0 Å². The first-order valence-electron chi connectivity index (χ1n) is 9.44. The first kappa shape index (κ1) is 20.4. The number of thioether (sulfide) groups is 1. The number of benzene rings is 1. The van der Waals surface area contributed by atoms with Gasteiger partial charge in [-0.05, 0) is 37.6 Å². The highest BCUT2D eigenvalue weighted by atomic mass is 32.2. The minimum Gasteiger partial charge on any atom is -0.332 e. The maximum atomic E-state index is 13.0. The molecule has 1 saturated heterocycles. The van der Waals surface area contributed by atoms with E-state index in [1.165, 1.54) is 11.8 Å². The summed E-state index contributed by atoms with van der Waals surface area (Å²) in [6, 6.07) is 11.5. The van der Waals surface area contributed by atoms with Gasteiger partial charge in [-0.1, -0.05) is 23.8 Å². The Morgan fingerprint density at radius 2 is 2.11 bits per heavy atom. The summed E-state index contributed by atoms with van der Waals surface area (Å²) in [6.07, 6.45) is 3.54. The van der Waals surface area contributed by atoms with Crippen LogP contribution in [-0.2, 0) is 9.59 Å². The van der Waals surface area contributed by atoms with Crippen LogP contribution in [0.15, 0.2) is 48.8 Å². The summed E-state index contributed by atoms with van der Waals surface area (Å²) in [5.74, 6) is 0.200. The predicted molar refractivity (Wildman–Crippen MR) is 113 cm³/mol.